The summed E-state index contributed by atoms with van der Waals surface area (Å²) < 4.78 is 17.2. The topological polar surface area (TPSA) is 27.7 Å². The molecular formula is C11H24O3Si. The van der Waals surface area contributed by atoms with Crippen LogP contribution in [0.25, 0.3) is 0 Å². The van der Waals surface area contributed by atoms with Crippen LogP contribution in [0, 0.1) is 0 Å². The molecule has 0 N–H and O–H groups in total. The van der Waals surface area contributed by atoms with Crippen molar-refractivity contribution in [1.82, 2.24) is 0 Å². The van der Waals surface area contributed by atoms with Crippen LogP contribution >= 0.6 is 0 Å². The van der Waals surface area contributed by atoms with E-state index in [2.05, 4.69) is 13.0 Å². The lowest BCUT2D eigenvalue weighted by Crippen LogP contribution is -2.46. The van der Waals surface area contributed by atoms with Crippen LogP contribution in [0.3, 0.4) is 0 Å². The minimum absolute atomic E-state index is 0.642. The van der Waals surface area contributed by atoms with Gasteiger partial charge < -0.3 is 13.3 Å². The van der Waals surface area contributed by atoms with Crippen LogP contribution in [0.2, 0.25) is 6.04 Å². The van der Waals surface area contributed by atoms with Gasteiger partial charge in [-0.05, 0) is 34.6 Å². The van der Waals surface area contributed by atoms with E-state index in [0.717, 1.165) is 6.04 Å². The highest BCUT2D eigenvalue weighted by Gasteiger charge is 2.40. The molecule has 0 aliphatic rings. The largest absolute Gasteiger partial charge is 0.505 e. The Balaban J connectivity index is 4.59. The fourth-order valence-electron chi connectivity index (χ4n) is 1.38. The normalized spacial score (nSPS) is 13.3. The summed E-state index contributed by atoms with van der Waals surface area (Å²) >= 11 is 0. The minimum Gasteiger partial charge on any atom is -0.374 e. The van der Waals surface area contributed by atoms with Gasteiger partial charge in [-0.15, -0.1) is 0 Å². The van der Waals surface area contributed by atoms with Crippen LogP contribution < -0.4 is 0 Å². The summed E-state index contributed by atoms with van der Waals surface area (Å²) in [5, 5.41) is 0. The summed E-state index contributed by atoms with van der Waals surface area (Å²) in [5.74, 6) is 0. The molecule has 0 heterocycles. The Hall–Kier alpha value is -0.163. The lowest BCUT2D eigenvalue weighted by molar-refractivity contribution is 0.0736. The monoisotopic (exact) mass is 232 g/mol. The third-order valence-corrected chi connectivity index (χ3v) is 5.26. The lowest BCUT2D eigenvalue weighted by Gasteiger charge is -2.28. The van der Waals surface area contributed by atoms with Crippen molar-refractivity contribution in [2.24, 2.45) is 0 Å². The van der Waals surface area contributed by atoms with Crippen molar-refractivity contribution >= 4 is 8.80 Å². The third-order valence-electron chi connectivity index (χ3n) is 2.08. The van der Waals surface area contributed by atoms with Crippen molar-refractivity contribution in [2.45, 2.75) is 40.7 Å². The summed E-state index contributed by atoms with van der Waals surface area (Å²) in [7, 11) is -2.45. The zero-order chi connectivity index (χ0) is 11.7. The zero-order valence-corrected chi connectivity index (χ0v) is 11.6. The van der Waals surface area contributed by atoms with E-state index in [1.54, 1.807) is 0 Å². The summed E-state index contributed by atoms with van der Waals surface area (Å²) in [4.78, 5) is 0. The van der Waals surface area contributed by atoms with Gasteiger partial charge >= 0.3 is 8.80 Å². The molecule has 0 amide bonds. The minimum atomic E-state index is -2.45. The maximum Gasteiger partial charge on any atom is 0.505 e. The van der Waals surface area contributed by atoms with Gasteiger partial charge in [-0.2, -0.15) is 0 Å². The molecule has 0 atom stereocenters. The third kappa shape index (κ3) is 5.46. The molecule has 0 saturated carbocycles. The van der Waals surface area contributed by atoms with Crippen molar-refractivity contribution in [3.8, 4) is 0 Å². The Morgan fingerprint density at radius 1 is 1.00 bits per heavy atom. The van der Waals surface area contributed by atoms with Gasteiger partial charge in [-0.25, -0.2) is 0 Å². The highest BCUT2D eigenvalue weighted by Crippen LogP contribution is 2.20. The molecule has 3 nitrogen and oxygen atoms in total. The first-order valence-corrected chi connectivity index (χ1v) is 7.60. The van der Waals surface area contributed by atoms with E-state index in [1.165, 1.54) is 5.57 Å². The van der Waals surface area contributed by atoms with Gasteiger partial charge in [0, 0.05) is 25.9 Å². The number of hydrogen-bond donors (Lipinski definition) is 0. The maximum atomic E-state index is 5.74. The average Bonchev–Trinajstić information content (AvgIpc) is 2.18. The van der Waals surface area contributed by atoms with E-state index in [-0.39, 0.29) is 0 Å². The fourth-order valence-corrected chi connectivity index (χ4v) is 4.14. The first-order valence-electron chi connectivity index (χ1n) is 5.67. The molecule has 90 valence electrons. The summed E-state index contributed by atoms with van der Waals surface area (Å²) in [6, 6.07) is 0.791. The van der Waals surface area contributed by atoms with Gasteiger partial charge in [0.05, 0.1) is 0 Å². The zero-order valence-electron chi connectivity index (χ0n) is 10.6. The number of rotatable bonds is 8. The maximum absolute atomic E-state index is 5.74. The molecule has 0 rings (SSSR count). The van der Waals surface area contributed by atoms with Gasteiger partial charge in [0.25, 0.3) is 0 Å². The first kappa shape index (κ1) is 14.8. The van der Waals surface area contributed by atoms with Crippen molar-refractivity contribution in [2.75, 3.05) is 19.8 Å². The van der Waals surface area contributed by atoms with Gasteiger partial charge in [0.2, 0.25) is 0 Å². The second-order valence-corrected chi connectivity index (χ2v) is 5.88. The Morgan fingerprint density at radius 3 is 1.67 bits per heavy atom. The second-order valence-electron chi connectivity index (χ2n) is 3.29. The molecule has 0 aromatic heterocycles. The van der Waals surface area contributed by atoms with Crippen molar-refractivity contribution in [1.29, 1.82) is 0 Å². The van der Waals surface area contributed by atoms with Crippen LogP contribution in [0.4, 0.5) is 0 Å². The van der Waals surface area contributed by atoms with Crippen LogP contribution in [-0.2, 0) is 13.3 Å². The van der Waals surface area contributed by atoms with Crippen molar-refractivity contribution in [3.05, 3.63) is 11.6 Å². The van der Waals surface area contributed by atoms with Crippen LogP contribution in [0.1, 0.15) is 34.6 Å². The van der Waals surface area contributed by atoms with Crippen LogP contribution in [-0.4, -0.2) is 28.6 Å². The Labute approximate surface area is 94.8 Å². The predicted molar refractivity (Wildman–Crippen MR) is 64.9 cm³/mol. The van der Waals surface area contributed by atoms with E-state index in [9.17, 15) is 0 Å². The fraction of sp³-hybridized carbons (Fsp3) is 0.818. The first-order chi connectivity index (χ1) is 7.14. The summed E-state index contributed by atoms with van der Waals surface area (Å²) in [6.45, 7) is 12.0. The van der Waals surface area contributed by atoms with Gasteiger partial charge in [-0.3, -0.25) is 0 Å². The molecule has 0 aliphatic carbocycles. The van der Waals surface area contributed by atoms with E-state index >= 15 is 0 Å². The molecule has 0 unspecified atom stereocenters. The highest BCUT2D eigenvalue weighted by atomic mass is 28.4. The molecule has 15 heavy (non-hydrogen) atoms. The van der Waals surface area contributed by atoms with Crippen molar-refractivity contribution in [3.63, 3.8) is 0 Å². The number of allylic oxidation sites excluding steroid dienone is 2. The average molecular weight is 232 g/mol. The standard InChI is InChI=1S/C11H24O3Si/c1-6-11(5)10-15(12-7-2,13-8-3)14-9-4/h6H,7-10H2,1-5H3/b11-6-. The quantitative estimate of drug-likeness (QED) is 0.475. The molecule has 0 saturated heterocycles. The lowest BCUT2D eigenvalue weighted by atomic mass is 10.3. The van der Waals surface area contributed by atoms with Crippen LogP contribution in [0.15, 0.2) is 11.6 Å². The summed E-state index contributed by atoms with van der Waals surface area (Å²) in [6.07, 6.45) is 2.08. The SMILES string of the molecule is C/C=C(/C)C[Si](OCC)(OCC)OCC. The number of hydrogen-bond acceptors (Lipinski definition) is 3. The molecule has 0 aromatic rings. The molecule has 0 radical (unpaired) electrons. The van der Waals surface area contributed by atoms with E-state index < -0.39 is 8.80 Å². The van der Waals surface area contributed by atoms with Gasteiger partial charge in [-0.1, -0.05) is 11.6 Å². The predicted octanol–water partition coefficient (Wildman–Crippen LogP) is 3.00. The van der Waals surface area contributed by atoms with Crippen molar-refractivity contribution < 1.29 is 13.3 Å². The van der Waals surface area contributed by atoms with E-state index in [0.29, 0.717) is 19.8 Å². The van der Waals surface area contributed by atoms with Crippen LogP contribution in [0.5, 0.6) is 0 Å². The molecule has 0 spiro atoms. The van der Waals surface area contributed by atoms with E-state index in [1.807, 2.05) is 27.7 Å². The van der Waals surface area contributed by atoms with E-state index in [4.69, 9.17) is 13.3 Å². The van der Waals surface area contributed by atoms with Gasteiger partial charge in [0.15, 0.2) is 0 Å². The Bertz CT molecular complexity index is 175. The molecular weight excluding hydrogens is 208 g/mol. The smallest absolute Gasteiger partial charge is 0.374 e. The Kier molecular flexibility index (Phi) is 7.96. The molecule has 0 aromatic carbocycles. The summed E-state index contributed by atoms with van der Waals surface area (Å²) in [5.41, 5.74) is 1.26. The molecule has 0 aliphatic heterocycles. The second kappa shape index (κ2) is 8.04. The molecule has 0 bridgehead atoms. The van der Waals surface area contributed by atoms with Gasteiger partial charge in [0.1, 0.15) is 0 Å². The highest BCUT2D eigenvalue weighted by molar-refractivity contribution is 6.61. The molecule has 0 fully saturated rings. The Morgan fingerprint density at radius 2 is 1.40 bits per heavy atom. The molecule has 4 heteroatoms.